The summed E-state index contributed by atoms with van der Waals surface area (Å²) in [5.41, 5.74) is -0.0344. The number of hydrogen-bond acceptors (Lipinski definition) is 5. The van der Waals surface area contributed by atoms with Gasteiger partial charge < -0.3 is 10.2 Å². The highest BCUT2D eigenvalue weighted by atomic mass is 19.4. The van der Waals surface area contributed by atoms with Crippen molar-refractivity contribution >= 4 is 5.82 Å². The van der Waals surface area contributed by atoms with Crippen LogP contribution in [0.4, 0.5) is 19.0 Å². The molecule has 1 aromatic carbocycles. The highest BCUT2D eigenvalue weighted by Crippen LogP contribution is 2.31. The van der Waals surface area contributed by atoms with Gasteiger partial charge in [0.15, 0.2) is 11.5 Å². The molecule has 1 heterocycles. The first kappa shape index (κ1) is 17.7. The van der Waals surface area contributed by atoms with E-state index >= 15 is 0 Å². The molecule has 0 saturated heterocycles. The fourth-order valence-electron chi connectivity index (χ4n) is 2.26. The van der Waals surface area contributed by atoms with Crippen LogP contribution in [0.1, 0.15) is 22.9 Å². The summed E-state index contributed by atoms with van der Waals surface area (Å²) in [6.07, 6.45) is -1.54. The standard InChI is InChI=1S/C16H16F3N5/c1-24(2)14(10-23-15-13(9-20)21-6-7-22-15)11-4-3-5-12(8-11)16(17,18)19/h3-8,14H,10H2,1-2H3,(H,22,23). The van der Waals surface area contributed by atoms with Crippen LogP contribution in [0.15, 0.2) is 36.7 Å². The average Bonchev–Trinajstić information content (AvgIpc) is 2.54. The Balaban J connectivity index is 2.23. The molecule has 1 aromatic heterocycles. The lowest BCUT2D eigenvalue weighted by Gasteiger charge is -2.26. The van der Waals surface area contributed by atoms with Gasteiger partial charge in [0.1, 0.15) is 6.07 Å². The maximum absolute atomic E-state index is 12.9. The smallest absolute Gasteiger partial charge is 0.366 e. The van der Waals surface area contributed by atoms with E-state index in [-0.39, 0.29) is 18.3 Å². The quantitative estimate of drug-likeness (QED) is 0.910. The number of nitrogens with zero attached hydrogens (tertiary/aromatic N) is 4. The Hall–Kier alpha value is -2.66. The van der Waals surface area contributed by atoms with Crippen molar-refractivity contribution in [2.45, 2.75) is 12.2 Å². The summed E-state index contributed by atoms with van der Waals surface area (Å²) in [5.74, 6) is 0.304. The lowest BCUT2D eigenvalue weighted by Crippen LogP contribution is -2.27. The zero-order valence-electron chi connectivity index (χ0n) is 13.2. The predicted molar refractivity (Wildman–Crippen MR) is 83.1 cm³/mol. The van der Waals surface area contributed by atoms with Crippen molar-refractivity contribution in [3.63, 3.8) is 0 Å². The number of anilines is 1. The van der Waals surface area contributed by atoms with Crippen LogP contribution in [-0.4, -0.2) is 35.5 Å². The molecule has 1 atom stereocenters. The van der Waals surface area contributed by atoms with Crippen LogP contribution in [-0.2, 0) is 6.18 Å². The lowest BCUT2D eigenvalue weighted by molar-refractivity contribution is -0.137. The van der Waals surface area contributed by atoms with Gasteiger partial charge in [-0.15, -0.1) is 0 Å². The molecular formula is C16H16F3N5. The number of hydrogen-bond donors (Lipinski definition) is 1. The topological polar surface area (TPSA) is 64.8 Å². The third-order valence-corrected chi connectivity index (χ3v) is 3.49. The maximum Gasteiger partial charge on any atom is 0.416 e. The number of nitriles is 1. The van der Waals surface area contributed by atoms with Crippen molar-refractivity contribution < 1.29 is 13.2 Å². The van der Waals surface area contributed by atoms with E-state index < -0.39 is 11.7 Å². The van der Waals surface area contributed by atoms with Crippen molar-refractivity contribution in [2.24, 2.45) is 0 Å². The molecule has 0 spiro atoms. The second kappa shape index (κ2) is 7.27. The molecule has 1 unspecified atom stereocenters. The first-order valence-corrected chi connectivity index (χ1v) is 7.11. The minimum atomic E-state index is -4.39. The molecule has 8 heteroatoms. The molecular weight excluding hydrogens is 319 g/mol. The number of likely N-dealkylation sites (N-methyl/N-ethyl adjacent to an activating group) is 1. The average molecular weight is 335 g/mol. The normalized spacial score (nSPS) is 12.7. The van der Waals surface area contributed by atoms with Gasteiger partial charge >= 0.3 is 6.18 Å². The molecule has 0 radical (unpaired) electrons. The molecule has 0 aliphatic heterocycles. The van der Waals surface area contributed by atoms with Crippen molar-refractivity contribution in [3.05, 3.63) is 53.5 Å². The monoisotopic (exact) mass is 335 g/mol. The van der Waals surface area contributed by atoms with Crippen molar-refractivity contribution in [2.75, 3.05) is 26.0 Å². The molecule has 0 saturated carbocycles. The van der Waals surface area contributed by atoms with Gasteiger partial charge in [0.05, 0.1) is 11.6 Å². The summed E-state index contributed by atoms with van der Waals surface area (Å²) in [5, 5.41) is 12.0. The van der Waals surface area contributed by atoms with Gasteiger partial charge in [-0.2, -0.15) is 18.4 Å². The summed E-state index contributed by atoms with van der Waals surface area (Å²) in [7, 11) is 3.54. The van der Waals surface area contributed by atoms with Crippen LogP contribution in [0.5, 0.6) is 0 Å². The molecule has 0 bridgehead atoms. The minimum Gasteiger partial charge on any atom is -0.366 e. The minimum absolute atomic E-state index is 0.138. The number of alkyl halides is 3. The van der Waals surface area contributed by atoms with Crippen LogP contribution < -0.4 is 5.32 Å². The number of rotatable bonds is 5. The maximum atomic E-state index is 12.9. The molecule has 5 nitrogen and oxygen atoms in total. The fourth-order valence-corrected chi connectivity index (χ4v) is 2.26. The van der Waals surface area contributed by atoms with Gasteiger partial charge in [0, 0.05) is 18.9 Å². The van der Waals surface area contributed by atoms with Gasteiger partial charge in [0.25, 0.3) is 0 Å². The summed E-state index contributed by atoms with van der Waals surface area (Å²) in [6, 6.07) is 6.79. The summed E-state index contributed by atoms with van der Waals surface area (Å²) in [4.78, 5) is 9.72. The SMILES string of the molecule is CN(C)C(CNc1nccnc1C#N)c1cccc(C(F)(F)F)c1. The molecule has 2 rings (SSSR count). The molecule has 0 aliphatic carbocycles. The molecule has 24 heavy (non-hydrogen) atoms. The molecule has 2 aromatic rings. The molecule has 0 fully saturated rings. The summed E-state index contributed by atoms with van der Waals surface area (Å²) in [6.45, 7) is 0.279. The van der Waals surface area contributed by atoms with Crippen LogP contribution >= 0.6 is 0 Å². The summed E-state index contributed by atoms with van der Waals surface area (Å²) < 4.78 is 38.7. The zero-order valence-corrected chi connectivity index (χ0v) is 13.2. The number of nitrogens with one attached hydrogen (secondary N) is 1. The zero-order chi connectivity index (χ0) is 17.7. The Morgan fingerprint density at radius 3 is 2.58 bits per heavy atom. The van der Waals surface area contributed by atoms with Gasteiger partial charge in [-0.3, -0.25) is 0 Å². The Morgan fingerprint density at radius 2 is 1.96 bits per heavy atom. The largest absolute Gasteiger partial charge is 0.416 e. The molecule has 1 N–H and O–H groups in total. The Labute approximate surface area is 137 Å². The molecule has 126 valence electrons. The highest BCUT2D eigenvalue weighted by Gasteiger charge is 2.31. The Kier molecular flexibility index (Phi) is 5.36. The Morgan fingerprint density at radius 1 is 1.25 bits per heavy atom. The van der Waals surface area contributed by atoms with Crippen molar-refractivity contribution in [3.8, 4) is 6.07 Å². The predicted octanol–water partition coefficient (Wildman–Crippen LogP) is 3.08. The lowest BCUT2D eigenvalue weighted by atomic mass is 10.0. The van der Waals surface area contributed by atoms with Gasteiger partial charge in [-0.1, -0.05) is 12.1 Å². The van der Waals surface area contributed by atoms with E-state index in [9.17, 15) is 13.2 Å². The van der Waals surface area contributed by atoms with E-state index in [0.717, 1.165) is 12.1 Å². The summed E-state index contributed by atoms with van der Waals surface area (Å²) >= 11 is 0. The van der Waals surface area contributed by atoms with Crippen LogP contribution in [0.3, 0.4) is 0 Å². The molecule has 0 aliphatic rings. The third-order valence-electron chi connectivity index (χ3n) is 3.49. The van der Waals surface area contributed by atoms with Crippen LogP contribution in [0.25, 0.3) is 0 Å². The van der Waals surface area contributed by atoms with E-state index in [0.29, 0.717) is 11.4 Å². The van der Waals surface area contributed by atoms with Crippen molar-refractivity contribution in [1.82, 2.24) is 14.9 Å². The number of halogens is 3. The first-order valence-electron chi connectivity index (χ1n) is 7.11. The second-order valence-electron chi connectivity index (χ2n) is 5.35. The van der Waals surface area contributed by atoms with Crippen LogP contribution in [0, 0.1) is 11.3 Å². The van der Waals surface area contributed by atoms with Crippen molar-refractivity contribution in [1.29, 1.82) is 5.26 Å². The van der Waals surface area contributed by atoms with Gasteiger partial charge in [-0.05, 0) is 31.8 Å². The second-order valence-corrected chi connectivity index (χ2v) is 5.35. The van der Waals surface area contributed by atoms with Gasteiger partial charge in [0.2, 0.25) is 0 Å². The van der Waals surface area contributed by atoms with E-state index in [1.807, 2.05) is 6.07 Å². The fraction of sp³-hybridized carbons (Fsp3) is 0.312. The number of aromatic nitrogens is 2. The van der Waals surface area contributed by atoms with E-state index in [1.54, 1.807) is 25.1 Å². The van der Waals surface area contributed by atoms with Gasteiger partial charge in [-0.25, -0.2) is 9.97 Å². The van der Waals surface area contributed by atoms with E-state index in [1.165, 1.54) is 18.5 Å². The highest BCUT2D eigenvalue weighted by molar-refractivity contribution is 5.47. The molecule has 0 amide bonds. The van der Waals surface area contributed by atoms with E-state index in [2.05, 4.69) is 15.3 Å². The van der Waals surface area contributed by atoms with Crippen LogP contribution in [0.2, 0.25) is 0 Å². The number of benzene rings is 1. The van der Waals surface area contributed by atoms with E-state index in [4.69, 9.17) is 5.26 Å². The third kappa shape index (κ3) is 4.20. The Bertz CT molecular complexity index is 737. The first-order chi connectivity index (χ1) is 11.3.